The number of piperazine rings is 1. The van der Waals surface area contributed by atoms with E-state index in [0.717, 1.165) is 0 Å². The Balaban J connectivity index is 1.34. The maximum atomic E-state index is 12.6. The van der Waals surface area contributed by atoms with Crippen molar-refractivity contribution in [1.82, 2.24) is 9.80 Å². The van der Waals surface area contributed by atoms with Crippen LogP contribution in [0.25, 0.3) is 0 Å². The summed E-state index contributed by atoms with van der Waals surface area (Å²) in [5, 5.41) is 2.81. The summed E-state index contributed by atoms with van der Waals surface area (Å²) >= 11 is 0. The Bertz CT molecular complexity index is 934. The van der Waals surface area contributed by atoms with Crippen molar-refractivity contribution in [2.45, 2.75) is 6.92 Å². The Labute approximate surface area is 173 Å². The van der Waals surface area contributed by atoms with Crippen LogP contribution in [-0.4, -0.2) is 91.9 Å². The summed E-state index contributed by atoms with van der Waals surface area (Å²) < 4.78 is 11.1. The number of fused-ring (bicyclic) bond motifs is 1. The number of hydrogen-bond acceptors (Lipinski definition) is 8. The molecule has 0 atom stereocenters. The summed E-state index contributed by atoms with van der Waals surface area (Å²) in [5.41, 5.74) is 1.24. The molecule has 4 rings (SSSR count). The summed E-state index contributed by atoms with van der Waals surface area (Å²) in [6.07, 6.45) is 1.40. The van der Waals surface area contributed by atoms with E-state index in [1.807, 2.05) is 4.90 Å². The Morgan fingerprint density at radius 3 is 2.40 bits per heavy atom. The van der Waals surface area contributed by atoms with Crippen LogP contribution in [0, 0.1) is 0 Å². The zero-order valence-corrected chi connectivity index (χ0v) is 16.7. The molecule has 1 aromatic carbocycles. The highest BCUT2D eigenvalue weighted by Gasteiger charge is 2.26. The van der Waals surface area contributed by atoms with Gasteiger partial charge < -0.3 is 19.7 Å². The standard InChI is InChI=1S/C20H23N5O5/c1-13(26)14-8-17-18(30-7-6-29-17)9-15(14)23-19(27)11-24-2-4-25(5-3-24)20(28)16-10-21-12-22-16/h8-9,12H,2-7,10-11H2,1H3,(H,23,27). The van der Waals surface area contributed by atoms with Crippen molar-refractivity contribution in [3.05, 3.63) is 17.7 Å². The molecule has 0 spiro atoms. The maximum Gasteiger partial charge on any atom is 0.270 e. The first kappa shape index (κ1) is 20.0. The van der Waals surface area contributed by atoms with Gasteiger partial charge in [0.05, 0.1) is 18.8 Å². The number of nitrogens with zero attached hydrogens (tertiary/aromatic N) is 4. The molecule has 0 aliphatic carbocycles. The van der Waals surface area contributed by atoms with Crippen LogP contribution in [0.2, 0.25) is 0 Å². The normalized spacial score (nSPS) is 18.2. The lowest BCUT2D eigenvalue weighted by Crippen LogP contribution is -2.52. The second kappa shape index (κ2) is 8.62. The van der Waals surface area contributed by atoms with E-state index in [1.54, 1.807) is 17.0 Å². The predicted molar refractivity (Wildman–Crippen MR) is 110 cm³/mol. The van der Waals surface area contributed by atoms with Gasteiger partial charge in [0.1, 0.15) is 25.3 Å². The van der Waals surface area contributed by atoms with Crippen LogP contribution in [0.5, 0.6) is 11.5 Å². The monoisotopic (exact) mass is 413 g/mol. The minimum Gasteiger partial charge on any atom is -0.486 e. The van der Waals surface area contributed by atoms with Crippen molar-refractivity contribution < 1.29 is 23.9 Å². The smallest absolute Gasteiger partial charge is 0.270 e. The van der Waals surface area contributed by atoms with Gasteiger partial charge in [-0.1, -0.05) is 0 Å². The molecule has 3 aliphatic heterocycles. The number of benzene rings is 1. The highest BCUT2D eigenvalue weighted by molar-refractivity contribution is 6.41. The van der Waals surface area contributed by atoms with Gasteiger partial charge in [-0.25, -0.2) is 4.99 Å². The number of nitrogens with one attached hydrogen (secondary N) is 1. The van der Waals surface area contributed by atoms with Crippen molar-refractivity contribution in [2.75, 3.05) is 57.8 Å². The highest BCUT2D eigenvalue weighted by atomic mass is 16.6. The van der Waals surface area contributed by atoms with Gasteiger partial charge in [0.15, 0.2) is 17.3 Å². The molecule has 1 saturated heterocycles. The number of aliphatic imine (C=N–C) groups is 2. The highest BCUT2D eigenvalue weighted by Crippen LogP contribution is 2.35. The molecular weight excluding hydrogens is 390 g/mol. The minimum atomic E-state index is -0.234. The number of ketones is 1. The fourth-order valence-electron chi connectivity index (χ4n) is 3.57. The summed E-state index contributed by atoms with van der Waals surface area (Å²) in [5.74, 6) is 0.504. The molecule has 10 nitrogen and oxygen atoms in total. The number of Topliss-reactive ketones (excluding diaryl/α,β-unsaturated/α-hetero) is 1. The molecule has 158 valence electrons. The van der Waals surface area contributed by atoms with E-state index in [1.165, 1.54) is 13.3 Å². The number of carbonyl (C=O) groups is 3. The van der Waals surface area contributed by atoms with Crippen molar-refractivity contribution in [2.24, 2.45) is 9.98 Å². The van der Waals surface area contributed by atoms with E-state index in [-0.39, 0.29) is 24.1 Å². The SMILES string of the molecule is CC(=O)c1cc2c(cc1NC(=O)CN1CCN(C(=O)C3=NC=NC3)CC1)OCCO2. The van der Waals surface area contributed by atoms with Gasteiger partial charge in [-0.05, 0) is 13.0 Å². The van der Waals surface area contributed by atoms with E-state index in [9.17, 15) is 14.4 Å². The van der Waals surface area contributed by atoms with Crippen LogP contribution < -0.4 is 14.8 Å². The van der Waals surface area contributed by atoms with Gasteiger partial charge in [-0.2, -0.15) is 0 Å². The molecule has 1 N–H and O–H groups in total. The van der Waals surface area contributed by atoms with Gasteiger partial charge in [0, 0.05) is 37.8 Å². The van der Waals surface area contributed by atoms with Crippen LogP contribution in [0.15, 0.2) is 22.1 Å². The first-order chi connectivity index (χ1) is 14.5. The van der Waals surface area contributed by atoms with Gasteiger partial charge >= 0.3 is 0 Å². The van der Waals surface area contributed by atoms with Crippen molar-refractivity contribution in [3.63, 3.8) is 0 Å². The summed E-state index contributed by atoms with van der Waals surface area (Å²) in [4.78, 5) is 48.6. The lowest BCUT2D eigenvalue weighted by atomic mass is 10.1. The van der Waals surface area contributed by atoms with Crippen molar-refractivity contribution in [1.29, 1.82) is 0 Å². The van der Waals surface area contributed by atoms with Crippen LogP contribution in [0.1, 0.15) is 17.3 Å². The zero-order valence-electron chi connectivity index (χ0n) is 16.7. The minimum absolute atomic E-state index is 0.0982. The molecule has 1 fully saturated rings. The molecule has 2 amide bonds. The zero-order chi connectivity index (χ0) is 21.1. The molecule has 0 saturated carbocycles. The fourth-order valence-corrected chi connectivity index (χ4v) is 3.57. The van der Waals surface area contributed by atoms with Crippen LogP contribution in [0.3, 0.4) is 0 Å². The van der Waals surface area contributed by atoms with E-state index in [2.05, 4.69) is 15.3 Å². The summed E-state index contributed by atoms with van der Waals surface area (Å²) in [6.45, 7) is 4.97. The molecule has 1 aromatic rings. The van der Waals surface area contributed by atoms with E-state index in [0.29, 0.717) is 74.4 Å². The van der Waals surface area contributed by atoms with Gasteiger partial charge in [-0.3, -0.25) is 24.3 Å². The Kier molecular flexibility index (Phi) is 5.75. The molecule has 30 heavy (non-hydrogen) atoms. The second-order valence-corrected chi connectivity index (χ2v) is 7.25. The van der Waals surface area contributed by atoms with Crippen molar-refractivity contribution >= 4 is 35.3 Å². The topological polar surface area (TPSA) is 113 Å². The number of amides is 2. The lowest BCUT2D eigenvalue weighted by Gasteiger charge is -2.34. The number of hydrogen-bond donors (Lipinski definition) is 1. The van der Waals surface area contributed by atoms with E-state index in [4.69, 9.17) is 9.47 Å². The van der Waals surface area contributed by atoms with E-state index >= 15 is 0 Å². The number of anilines is 1. The quantitative estimate of drug-likeness (QED) is 0.692. The third-order valence-corrected chi connectivity index (χ3v) is 5.15. The van der Waals surface area contributed by atoms with E-state index < -0.39 is 0 Å². The van der Waals surface area contributed by atoms with Crippen LogP contribution in [-0.2, 0) is 9.59 Å². The second-order valence-electron chi connectivity index (χ2n) is 7.25. The third kappa shape index (κ3) is 4.33. The summed E-state index contributed by atoms with van der Waals surface area (Å²) in [6, 6.07) is 3.23. The number of carbonyl (C=O) groups excluding carboxylic acids is 3. The van der Waals surface area contributed by atoms with Gasteiger partial charge in [0.25, 0.3) is 5.91 Å². The number of rotatable bonds is 5. The van der Waals surface area contributed by atoms with Crippen LogP contribution >= 0.6 is 0 Å². The molecule has 0 unspecified atom stereocenters. The van der Waals surface area contributed by atoms with Gasteiger partial charge in [0.2, 0.25) is 5.91 Å². The molecule has 3 heterocycles. The Morgan fingerprint density at radius 1 is 1.07 bits per heavy atom. The Morgan fingerprint density at radius 2 is 1.77 bits per heavy atom. The average Bonchev–Trinajstić information content (AvgIpc) is 3.28. The van der Waals surface area contributed by atoms with Crippen LogP contribution in [0.4, 0.5) is 5.69 Å². The lowest BCUT2D eigenvalue weighted by molar-refractivity contribution is -0.126. The first-order valence-electron chi connectivity index (χ1n) is 9.82. The van der Waals surface area contributed by atoms with Gasteiger partial charge in [-0.15, -0.1) is 0 Å². The number of ether oxygens (including phenoxy) is 2. The first-order valence-corrected chi connectivity index (χ1v) is 9.82. The third-order valence-electron chi connectivity index (χ3n) is 5.15. The molecule has 0 aromatic heterocycles. The van der Waals surface area contributed by atoms with Crippen molar-refractivity contribution in [3.8, 4) is 11.5 Å². The molecule has 0 radical (unpaired) electrons. The predicted octanol–water partition coefficient (Wildman–Crippen LogP) is 0.226. The maximum absolute atomic E-state index is 12.6. The molecule has 0 bridgehead atoms. The Hall–Kier alpha value is -3.27. The largest absolute Gasteiger partial charge is 0.486 e. The molecule has 10 heteroatoms. The molecule has 3 aliphatic rings. The molecular formula is C20H23N5O5. The average molecular weight is 413 g/mol. The summed E-state index contributed by atoms with van der Waals surface area (Å²) in [7, 11) is 0. The fraction of sp³-hybridized carbons (Fsp3) is 0.450.